The smallest absolute Gasteiger partial charge is 0.256 e. The zero-order valence-corrected chi connectivity index (χ0v) is 65.5. The molecule has 0 heterocycles. The molecule has 0 aliphatic rings. The summed E-state index contributed by atoms with van der Waals surface area (Å²) in [5.41, 5.74) is -2.67. The number of amides is 9. The van der Waals surface area contributed by atoms with Gasteiger partial charge in [-0.25, -0.2) is 0 Å². The Hall–Kier alpha value is -1.14. The molecule has 91 heavy (non-hydrogen) atoms. The first-order valence-corrected chi connectivity index (χ1v) is 35.4. The van der Waals surface area contributed by atoms with Crippen molar-refractivity contribution in [3.8, 4) is 0 Å². The minimum atomic E-state index is -2.28. The van der Waals surface area contributed by atoms with Crippen molar-refractivity contribution in [3.63, 3.8) is 0 Å². The Kier molecular flexibility index (Phi) is 37.0. The van der Waals surface area contributed by atoms with Crippen molar-refractivity contribution in [2.45, 2.75) is 54.9 Å². The zero-order valence-electron chi connectivity index (χ0n) is 46.1. The summed E-state index contributed by atoms with van der Waals surface area (Å²) in [4.78, 5) is 127. The van der Waals surface area contributed by atoms with Crippen molar-refractivity contribution in [2.24, 2.45) is 0 Å². The van der Waals surface area contributed by atoms with E-state index in [1.807, 2.05) is 0 Å². The van der Waals surface area contributed by atoms with Gasteiger partial charge in [-0.05, 0) is 203 Å². The summed E-state index contributed by atoms with van der Waals surface area (Å²) in [5, 5.41) is 168. The number of hydrogen-bond acceptors (Lipinski definition) is 24. The molecule has 0 aliphatic heterocycles. The maximum Gasteiger partial charge on any atom is 0.256 e. The predicted molar refractivity (Wildman–Crippen MR) is 394 cm³/mol. The molecule has 9 amide bonds. The van der Waals surface area contributed by atoms with Gasteiger partial charge < -0.3 is 124 Å². The number of benzene rings is 3. The number of halogens is 9. The molecule has 0 bridgehead atoms. The molecule has 0 aliphatic carbocycles. The molecule has 3 aromatic carbocycles. The van der Waals surface area contributed by atoms with E-state index in [-0.39, 0.29) is 82.6 Å². The van der Waals surface area contributed by atoms with Crippen LogP contribution in [0.1, 0.15) is 62.1 Å². The first-order valence-electron chi connectivity index (χ1n) is 25.7. The maximum absolute atomic E-state index is 15.4. The van der Waals surface area contributed by atoms with Crippen molar-refractivity contribution < 1.29 is 120 Å². The van der Waals surface area contributed by atoms with E-state index in [0.717, 1.165) is 4.90 Å². The normalized spacial score (nSPS) is 14.3. The van der Waals surface area contributed by atoms with Crippen molar-refractivity contribution in [2.75, 3.05) is 101 Å². The lowest BCUT2D eigenvalue weighted by Gasteiger charge is -2.27. The highest BCUT2D eigenvalue weighted by atomic mass is 127. The Morgan fingerprint density at radius 2 is 0.538 bits per heavy atom. The fourth-order valence-corrected chi connectivity index (χ4v) is 20.5. The maximum atomic E-state index is 15.4. The van der Waals surface area contributed by atoms with Gasteiger partial charge in [-0.15, -0.1) is 0 Å². The zero-order chi connectivity index (χ0) is 69.2. The lowest BCUT2D eigenvalue weighted by atomic mass is 10.1. The van der Waals surface area contributed by atoms with Gasteiger partial charge in [0, 0.05) is 56.5 Å². The number of rotatable bonds is 33. The average molecular weight is 2300 g/mol. The number of aliphatic hydroxyl groups is 15. The third kappa shape index (κ3) is 22.2. The van der Waals surface area contributed by atoms with E-state index in [9.17, 15) is 115 Å². The van der Waals surface area contributed by atoms with Crippen LogP contribution in [0.5, 0.6) is 0 Å². The molecule has 42 heteroatoms. The molecule has 9 unspecified atom stereocenters. The van der Waals surface area contributed by atoms with Gasteiger partial charge in [0.1, 0.15) is 18.3 Å². The Bertz CT molecular complexity index is 3080. The quantitative estimate of drug-likeness (QED) is 0.0256. The molecule has 3 rings (SSSR count). The molecule has 23 N–H and O–H groups in total. The van der Waals surface area contributed by atoms with Crippen molar-refractivity contribution in [1.29, 1.82) is 0 Å². The molecule has 33 nitrogen and oxygen atoms in total. The number of nitrogens with zero attached hydrogens (tertiary/aromatic N) is 1. The van der Waals surface area contributed by atoms with E-state index in [1.54, 1.807) is 203 Å². The van der Waals surface area contributed by atoms with Gasteiger partial charge in [0.15, 0.2) is 18.3 Å². The van der Waals surface area contributed by atoms with Crippen LogP contribution >= 0.6 is 203 Å². The summed E-state index contributed by atoms with van der Waals surface area (Å²) in [6, 6.07) is 0. The van der Waals surface area contributed by atoms with E-state index in [1.165, 1.54) is 0 Å². The largest absolute Gasteiger partial charge is 0.394 e. The second kappa shape index (κ2) is 40.1. The highest BCUT2D eigenvalue weighted by Crippen LogP contribution is 2.39. The van der Waals surface area contributed by atoms with Gasteiger partial charge in [-0.3, -0.25) is 43.2 Å². The third-order valence-corrected chi connectivity index (χ3v) is 22.0. The summed E-state index contributed by atoms with van der Waals surface area (Å²) < 4.78 is -0.667. The molecule has 3 aromatic rings. The second-order valence-electron chi connectivity index (χ2n) is 18.7. The Morgan fingerprint density at radius 3 is 0.769 bits per heavy atom. The Labute approximate surface area is 638 Å². The number of carbonyl (C=O) groups excluding carboxylic acids is 9. The number of anilines is 3. The first-order chi connectivity index (χ1) is 42.6. The van der Waals surface area contributed by atoms with E-state index < -0.39 is 194 Å². The van der Waals surface area contributed by atoms with Crippen molar-refractivity contribution in [1.82, 2.24) is 31.5 Å². The number of carbonyl (C=O) groups is 9. The molecule has 0 aromatic heterocycles. The van der Waals surface area contributed by atoms with Gasteiger partial charge in [0.25, 0.3) is 53.2 Å². The van der Waals surface area contributed by atoms with Crippen LogP contribution in [0.25, 0.3) is 0 Å². The number of hydrogen-bond donors (Lipinski definition) is 23. The fraction of sp³-hybridized carbons (Fsp3) is 0.449. The van der Waals surface area contributed by atoms with Gasteiger partial charge in [-0.2, -0.15) is 0 Å². The molecule has 0 saturated heterocycles. The average Bonchev–Trinajstić information content (AvgIpc) is 0.798. The van der Waals surface area contributed by atoms with Gasteiger partial charge in [0.05, 0.1) is 130 Å². The molecule has 0 saturated carbocycles. The van der Waals surface area contributed by atoms with Crippen LogP contribution in [-0.4, -0.2) is 275 Å². The molecular formula is C49H58I9N9O24. The van der Waals surface area contributed by atoms with Crippen LogP contribution in [0, 0.1) is 32.1 Å². The Morgan fingerprint density at radius 1 is 0.319 bits per heavy atom. The van der Waals surface area contributed by atoms with E-state index in [4.69, 9.17) is 0 Å². The van der Waals surface area contributed by atoms with E-state index >= 15 is 4.79 Å². The molecule has 506 valence electrons. The molecule has 0 radical (unpaired) electrons. The van der Waals surface area contributed by atoms with Crippen LogP contribution in [0.15, 0.2) is 0 Å². The van der Waals surface area contributed by atoms with E-state index in [0.29, 0.717) is 0 Å². The summed E-state index contributed by atoms with van der Waals surface area (Å²) in [7, 11) is 0. The van der Waals surface area contributed by atoms with Crippen molar-refractivity contribution >= 4 is 274 Å². The van der Waals surface area contributed by atoms with Gasteiger partial charge >= 0.3 is 0 Å². The number of nitrogens with one attached hydrogen (secondary N) is 8. The van der Waals surface area contributed by atoms with Crippen LogP contribution in [0.4, 0.5) is 17.1 Å². The molecule has 9 atom stereocenters. The number of aliphatic hydroxyl groups excluding tert-OH is 15. The highest BCUT2D eigenvalue weighted by molar-refractivity contribution is 14.1. The van der Waals surface area contributed by atoms with Crippen LogP contribution in [0.2, 0.25) is 0 Å². The summed E-state index contributed by atoms with van der Waals surface area (Å²) in [6.45, 7) is -9.22. The fourth-order valence-electron chi connectivity index (χ4n) is 7.27. The Balaban J connectivity index is 2.36. The van der Waals surface area contributed by atoms with Crippen LogP contribution < -0.4 is 42.5 Å². The monoisotopic (exact) mass is 2300 g/mol. The molecular weight excluding hydrogens is 2240 g/mol. The molecule has 0 fully saturated rings. The standard InChI is InChI=1S/C49H58I9N9O24/c50-26-20(29(53)35(64-46(88)38(80)17(77)11-71)31(55)22(26)43(85)61-5-14(74)8-68)41(83)59-1-3-67(49(91)25-28(52)24(45(87)63-7-16(76)10-70)33(57)37(34(25)58)66-48(90)40(82)19(79)13-73)4-2-60-42(84)21-27(51)23(44(86)62-6-15(75)9-69)32(56)36(30(21)54)65-47(89)39(81)18(78)12-72/h14-19,38-40,68-82H,1-13H2,(H,59,83)(H,60,84)(H,61,85)(H,62,86)(H,63,87)(H,64,88)(H,65,89)(H,66,90). The molecule has 0 spiro atoms. The minimum Gasteiger partial charge on any atom is -0.394 e. The summed E-state index contributed by atoms with van der Waals surface area (Å²) >= 11 is 14.9. The topological polar surface area (TPSA) is 557 Å². The van der Waals surface area contributed by atoms with Gasteiger partial charge in [0.2, 0.25) is 0 Å². The summed E-state index contributed by atoms with van der Waals surface area (Å²) in [5.74, 6) is -9.74. The van der Waals surface area contributed by atoms with E-state index in [2.05, 4.69) is 42.5 Å². The van der Waals surface area contributed by atoms with Crippen LogP contribution in [-0.2, 0) is 14.4 Å². The van der Waals surface area contributed by atoms with Crippen molar-refractivity contribution in [3.05, 3.63) is 65.5 Å². The second-order valence-corrected chi connectivity index (χ2v) is 28.4. The predicted octanol–water partition coefficient (Wildman–Crippen LogP) is -4.36. The van der Waals surface area contributed by atoms with Gasteiger partial charge in [-0.1, -0.05) is 0 Å². The van der Waals surface area contributed by atoms with Crippen LogP contribution in [0.3, 0.4) is 0 Å². The lowest BCUT2D eigenvalue weighted by Crippen LogP contribution is -2.44. The lowest BCUT2D eigenvalue weighted by molar-refractivity contribution is -0.131. The first kappa shape index (κ1) is 84.1. The SMILES string of the molecule is O=C(NCCN(CCNC(=O)c1c(I)c(NC(=O)C(O)C(O)CO)c(I)c(C(=O)NCC(O)CO)c1I)C(=O)c1c(I)c(NC(=O)C(O)C(O)CO)c(I)c(C(=O)NCC(O)CO)c1I)c1c(I)c(NC(=O)C(O)C(O)CO)c(I)c(C(=O)NCC(O)CO)c1I. The third-order valence-electron chi connectivity index (χ3n) is 12.3. The summed E-state index contributed by atoms with van der Waals surface area (Å²) in [6.07, 6.45) is -17.1. The highest BCUT2D eigenvalue weighted by Gasteiger charge is 2.37. The minimum absolute atomic E-state index is 0.0320.